The highest BCUT2D eigenvalue weighted by Gasteiger charge is 2.03. The van der Waals surface area contributed by atoms with Crippen LogP contribution in [0.2, 0.25) is 0 Å². The van der Waals surface area contributed by atoms with Crippen LogP contribution in [-0.4, -0.2) is 23.1 Å². The van der Waals surface area contributed by atoms with Crippen LogP contribution < -0.4 is 10.6 Å². The molecule has 0 atom stereocenters. The first-order chi connectivity index (χ1) is 9.31. The van der Waals surface area contributed by atoms with Crippen molar-refractivity contribution in [2.75, 3.05) is 23.7 Å². The number of hydrogen-bond acceptors (Lipinski definition) is 5. The third kappa shape index (κ3) is 3.98. The fraction of sp³-hybridized carbons (Fsp3) is 0.429. The maximum atomic E-state index is 5.29. The van der Waals surface area contributed by atoms with E-state index in [2.05, 4.69) is 34.4 Å². The van der Waals surface area contributed by atoms with Crippen molar-refractivity contribution in [3.8, 4) is 0 Å². The van der Waals surface area contributed by atoms with Crippen LogP contribution in [0.25, 0.3) is 0 Å². The van der Waals surface area contributed by atoms with Gasteiger partial charge < -0.3 is 15.1 Å². The quantitative estimate of drug-likeness (QED) is 0.801. The summed E-state index contributed by atoms with van der Waals surface area (Å²) in [6.07, 6.45) is 3.36. The van der Waals surface area contributed by atoms with Gasteiger partial charge in [-0.1, -0.05) is 6.92 Å². The minimum atomic E-state index is 0.791. The van der Waals surface area contributed by atoms with Crippen LogP contribution in [0, 0.1) is 0 Å². The van der Waals surface area contributed by atoms with E-state index in [0.29, 0.717) is 0 Å². The van der Waals surface area contributed by atoms with Crippen LogP contribution in [0.4, 0.5) is 11.6 Å². The Morgan fingerprint density at radius 3 is 2.58 bits per heavy atom. The summed E-state index contributed by atoms with van der Waals surface area (Å²) in [5, 5.41) is 6.52. The monoisotopic (exact) mass is 260 g/mol. The summed E-state index contributed by atoms with van der Waals surface area (Å²) in [6, 6.07) is 5.81. The lowest BCUT2D eigenvalue weighted by Gasteiger charge is -2.09. The summed E-state index contributed by atoms with van der Waals surface area (Å²) in [5.74, 6) is 3.55. The summed E-state index contributed by atoms with van der Waals surface area (Å²) in [4.78, 5) is 8.88. The van der Waals surface area contributed by atoms with Crippen molar-refractivity contribution >= 4 is 11.6 Å². The molecule has 0 saturated heterocycles. The third-order valence-corrected chi connectivity index (χ3v) is 2.70. The molecule has 0 spiro atoms. The van der Waals surface area contributed by atoms with E-state index in [4.69, 9.17) is 4.42 Å². The molecule has 0 aliphatic rings. The molecule has 2 aromatic rings. The minimum absolute atomic E-state index is 0.791. The number of nitrogens with zero attached hydrogens (tertiary/aromatic N) is 2. The normalized spacial score (nSPS) is 10.4. The molecule has 0 saturated carbocycles. The molecule has 0 unspecified atom stereocenters. The topological polar surface area (TPSA) is 63.0 Å². The van der Waals surface area contributed by atoms with Crippen LogP contribution in [0.15, 0.2) is 28.9 Å². The van der Waals surface area contributed by atoms with Crippen molar-refractivity contribution in [2.24, 2.45) is 0 Å². The molecule has 5 nitrogen and oxygen atoms in total. The van der Waals surface area contributed by atoms with Gasteiger partial charge >= 0.3 is 0 Å². The van der Waals surface area contributed by atoms with Crippen molar-refractivity contribution in [3.63, 3.8) is 0 Å². The molecular weight excluding hydrogens is 240 g/mol. The van der Waals surface area contributed by atoms with E-state index in [-0.39, 0.29) is 0 Å². The number of nitrogens with one attached hydrogen (secondary N) is 2. The predicted octanol–water partition coefficient (Wildman–Crippen LogP) is 2.72. The van der Waals surface area contributed by atoms with Gasteiger partial charge in [0.1, 0.15) is 23.2 Å². The second kappa shape index (κ2) is 6.78. The number of rotatable bonds is 7. The van der Waals surface area contributed by atoms with Gasteiger partial charge in [0.25, 0.3) is 0 Å². The Bertz CT molecular complexity index is 496. The van der Waals surface area contributed by atoms with Gasteiger partial charge in [0, 0.05) is 32.0 Å². The number of anilines is 2. The molecule has 0 bridgehead atoms. The molecule has 0 aliphatic carbocycles. The average Bonchev–Trinajstić information content (AvgIpc) is 2.92. The van der Waals surface area contributed by atoms with E-state index in [9.17, 15) is 0 Å². The summed E-state index contributed by atoms with van der Waals surface area (Å²) in [7, 11) is 0. The molecular formula is C14H20N4O. The van der Waals surface area contributed by atoms with E-state index >= 15 is 0 Å². The van der Waals surface area contributed by atoms with Crippen molar-refractivity contribution in [1.82, 2.24) is 9.97 Å². The first-order valence-electron chi connectivity index (χ1n) is 6.70. The fourth-order valence-corrected chi connectivity index (χ4v) is 1.79. The summed E-state index contributed by atoms with van der Waals surface area (Å²) in [5.41, 5.74) is 0. The number of aryl methyl sites for hydroxylation is 1. The van der Waals surface area contributed by atoms with E-state index in [0.717, 1.165) is 49.2 Å². The van der Waals surface area contributed by atoms with E-state index in [1.54, 1.807) is 6.26 Å². The molecule has 2 N–H and O–H groups in total. The van der Waals surface area contributed by atoms with Gasteiger partial charge in [-0.05, 0) is 19.1 Å². The second-order valence-electron chi connectivity index (χ2n) is 4.19. The second-order valence-corrected chi connectivity index (χ2v) is 4.19. The van der Waals surface area contributed by atoms with Crippen molar-refractivity contribution in [1.29, 1.82) is 0 Å². The fourth-order valence-electron chi connectivity index (χ4n) is 1.79. The van der Waals surface area contributed by atoms with Crippen LogP contribution in [0.5, 0.6) is 0 Å². The van der Waals surface area contributed by atoms with Gasteiger partial charge in [0.2, 0.25) is 0 Å². The highest BCUT2D eigenvalue weighted by atomic mass is 16.3. The third-order valence-electron chi connectivity index (χ3n) is 2.70. The Kier molecular flexibility index (Phi) is 4.78. The maximum absolute atomic E-state index is 5.29. The molecule has 5 heteroatoms. The summed E-state index contributed by atoms with van der Waals surface area (Å²) < 4.78 is 5.29. The van der Waals surface area contributed by atoms with Crippen LogP contribution >= 0.6 is 0 Å². The Morgan fingerprint density at radius 2 is 1.95 bits per heavy atom. The van der Waals surface area contributed by atoms with Gasteiger partial charge in [-0.2, -0.15) is 0 Å². The summed E-state index contributed by atoms with van der Waals surface area (Å²) >= 11 is 0. The van der Waals surface area contributed by atoms with E-state index in [1.807, 2.05) is 18.2 Å². The van der Waals surface area contributed by atoms with Crippen LogP contribution in [0.1, 0.15) is 25.4 Å². The van der Waals surface area contributed by atoms with Crippen molar-refractivity contribution in [3.05, 3.63) is 36.0 Å². The highest BCUT2D eigenvalue weighted by Crippen LogP contribution is 2.12. The Morgan fingerprint density at radius 1 is 1.16 bits per heavy atom. The standard InChI is InChI=1S/C14H20N4O/c1-3-12-17-13(15-4-2)10-14(18-12)16-8-7-11-6-5-9-19-11/h5-6,9-10H,3-4,7-8H2,1-2H3,(H2,15,16,17,18). The largest absolute Gasteiger partial charge is 0.469 e. The zero-order chi connectivity index (χ0) is 13.5. The molecule has 0 aromatic carbocycles. The van der Waals surface area contributed by atoms with Gasteiger partial charge in [-0.25, -0.2) is 9.97 Å². The Hall–Kier alpha value is -2.04. The number of furan rings is 1. The molecule has 0 aliphatic heterocycles. The number of aromatic nitrogens is 2. The Labute approximate surface area is 113 Å². The first-order valence-corrected chi connectivity index (χ1v) is 6.70. The zero-order valence-corrected chi connectivity index (χ0v) is 11.4. The van der Waals surface area contributed by atoms with Gasteiger partial charge in [0.15, 0.2) is 0 Å². The smallest absolute Gasteiger partial charge is 0.132 e. The predicted molar refractivity (Wildman–Crippen MR) is 76.5 cm³/mol. The Balaban J connectivity index is 1.96. The number of hydrogen-bond donors (Lipinski definition) is 2. The summed E-state index contributed by atoms with van der Waals surface area (Å²) in [6.45, 7) is 5.75. The molecule has 2 aromatic heterocycles. The molecule has 0 radical (unpaired) electrons. The van der Waals surface area contributed by atoms with Crippen LogP contribution in [0.3, 0.4) is 0 Å². The van der Waals surface area contributed by atoms with Crippen LogP contribution in [-0.2, 0) is 12.8 Å². The molecule has 0 fully saturated rings. The van der Waals surface area contributed by atoms with Gasteiger partial charge in [-0.15, -0.1) is 0 Å². The van der Waals surface area contributed by atoms with Gasteiger partial charge in [-0.3, -0.25) is 0 Å². The minimum Gasteiger partial charge on any atom is -0.469 e. The average molecular weight is 260 g/mol. The molecule has 2 rings (SSSR count). The first kappa shape index (κ1) is 13.4. The zero-order valence-electron chi connectivity index (χ0n) is 11.4. The van der Waals surface area contributed by atoms with Crippen molar-refractivity contribution in [2.45, 2.75) is 26.7 Å². The van der Waals surface area contributed by atoms with Gasteiger partial charge in [0.05, 0.1) is 6.26 Å². The maximum Gasteiger partial charge on any atom is 0.132 e. The SMILES string of the molecule is CCNc1cc(NCCc2ccco2)nc(CC)n1. The molecule has 102 valence electrons. The molecule has 19 heavy (non-hydrogen) atoms. The van der Waals surface area contributed by atoms with E-state index in [1.165, 1.54) is 0 Å². The molecule has 2 heterocycles. The highest BCUT2D eigenvalue weighted by molar-refractivity contribution is 5.47. The lowest BCUT2D eigenvalue weighted by Crippen LogP contribution is -2.10. The lowest BCUT2D eigenvalue weighted by atomic mass is 10.3. The molecule has 0 amide bonds. The van der Waals surface area contributed by atoms with Crippen molar-refractivity contribution < 1.29 is 4.42 Å². The van der Waals surface area contributed by atoms with E-state index < -0.39 is 0 Å². The lowest BCUT2D eigenvalue weighted by molar-refractivity contribution is 0.513.